The molecule has 2 N–H and O–H groups in total. The Morgan fingerprint density at radius 3 is 2.04 bits per heavy atom. The van der Waals surface area contributed by atoms with Gasteiger partial charge in [-0.1, -0.05) is 83.9 Å². The van der Waals surface area contributed by atoms with Crippen LogP contribution in [-0.4, -0.2) is 47.8 Å². The Hall–Kier alpha value is -1.22. The highest BCUT2D eigenvalue weighted by Gasteiger charge is 2.54. The molecule has 2 aromatic rings. The van der Waals surface area contributed by atoms with Crippen LogP contribution >= 0.6 is 23.2 Å². The normalized spacial score (nSPS) is 36.5. The van der Waals surface area contributed by atoms with Gasteiger partial charge >= 0.3 is 0 Å². The molecule has 2 fully saturated rings. The molecule has 0 aliphatic carbocycles. The summed E-state index contributed by atoms with van der Waals surface area (Å²) in [6.07, 6.45) is -3.77. The zero-order chi connectivity index (χ0) is 19.8. The summed E-state index contributed by atoms with van der Waals surface area (Å²) in [5.41, 5.74) is 1.18. The SMILES string of the molecule is OC[C@H]1OC(Cl)(c2ccccc2)O[C@H]1[C@H](O)[C@@H]1COC(Cl)(c2ccccc2)O1. The fourth-order valence-corrected chi connectivity index (χ4v) is 4.01. The second-order valence-electron chi connectivity index (χ2n) is 6.68. The van der Waals surface area contributed by atoms with Gasteiger partial charge in [-0.15, -0.1) is 0 Å². The zero-order valence-electron chi connectivity index (χ0n) is 14.8. The van der Waals surface area contributed by atoms with E-state index < -0.39 is 34.9 Å². The van der Waals surface area contributed by atoms with Crippen LogP contribution in [0, 0.1) is 0 Å². The van der Waals surface area contributed by atoms with Crippen molar-refractivity contribution < 1.29 is 29.2 Å². The summed E-state index contributed by atoms with van der Waals surface area (Å²) < 4.78 is 23.0. The Morgan fingerprint density at radius 1 is 0.893 bits per heavy atom. The molecule has 0 radical (unpaired) electrons. The molecule has 150 valence electrons. The molecule has 0 spiro atoms. The minimum Gasteiger partial charge on any atom is -0.394 e. The molecule has 0 bridgehead atoms. The maximum Gasteiger partial charge on any atom is 0.277 e. The lowest BCUT2D eigenvalue weighted by Crippen LogP contribution is -2.45. The first-order valence-corrected chi connectivity index (χ1v) is 9.66. The molecule has 0 amide bonds. The zero-order valence-corrected chi connectivity index (χ0v) is 16.3. The minimum atomic E-state index is -1.61. The fraction of sp³-hybridized carbons (Fsp3) is 0.400. The van der Waals surface area contributed by atoms with Gasteiger partial charge < -0.3 is 29.2 Å². The molecule has 6 nitrogen and oxygen atoms in total. The monoisotopic (exact) mass is 426 g/mol. The second-order valence-corrected chi connectivity index (χ2v) is 7.68. The van der Waals surface area contributed by atoms with Gasteiger partial charge in [-0.3, -0.25) is 0 Å². The highest BCUT2D eigenvalue weighted by molar-refractivity contribution is 6.22. The van der Waals surface area contributed by atoms with Gasteiger partial charge in [-0.05, 0) is 0 Å². The standard InChI is InChI=1S/C20H20Cl2O6/c21-19(13-7-3-1-4-8-13)25-12-16(27-19)17(24)18-15(11-23)26-20(22,28-18)14-9-5-2-6-10-14/h1-10,15-18,23-24H,11-12H2/t15-,16+,17-,18-,19?,20?/m1/s1. The van der Waals surface area contributed by atoms with E-state index in [1.165, 1.54) is 0 Å². The molecule has 0 saturated carbocycles. The molecule has 28 heavy (non-hydrogen) atoms. The van der Waals surface area contributed by atoms with E-state index in [9.17, 15) is 10.2 Å². The molecule has 4 rings (SSSR count). The predicted octanol–water partition coefficient (Wildman–Crippen LogP) is 2.64. The van der Waals surface area contributed by atoms with Gasteiger partial charge in [0.05, 0.1) is 13.2 Å². The number of hydrogen-bond acceptors (Lipinski definition) is 6. The molecule has 2 aliphatic heterocycles. The van der Waals surface area contributed by atoms with Crippen LogP contribution in [0.3, 0.4) is 0 Å². The lowest BCUT2D eigenvalue weighted by molar-refractivity contribution is -0.154. The van der Waals surface area contributed by atoms with E-state index in [4.69, 9.17) is 42.1 Å². The lowest BCUT2D eigenvalue weighted by atomic mass is 10.0. The lowest BCUT2D eigenvalue weighted by Gasteiger charge is -2.27. The van der Waals surface area contributed by atoms with Crippen LogP contribution in [0.5, 0.6) is 0 Å². The van der Waals surface area contributed by atoms with Crippen molar-refractivity contribution in [2.45, 2.75) is 34.9 Å². The quantitative estimate of drug-likeness (QED) is 0.715. The second kappa shape index (κ2) is 7.89. The maximum absolute atomic E-state index is 10.9. The van der Waals surface area contributed by atoms with Crippen molar-refractivity contribution >= 4 is 23.2 Å². The van der Waals surface area contributed by atoms with Crippen molar-refractivity contribution in [3.8, 4) is 0 Å². The van der Waals surface area contributed by atoms with Crippen molar-refractivity contribution in [1.29, 1.82) is 0 Å². The van der Waals surface area contributed by atoms with Gasteiger partial charge in [0.1, 0.15) is 24.4 Å². The molecule has 2 saturated heterocycles. The summed E-state index contributed by atoms with van der Waals surface area (Å²) in [5, 5.41) is 17.5. The molecular weight excluding hydrogens is 407 g/mol. The van der Waals surface area contributed by atoms with Crippen LogP contribution < -0.4 is 0 Å². The van der Waals surface area contributed by atoms with E-state index in [1.807, 2.05) is 24.3 Å². The highest BCUT2D eigenvalue weighted by Crippen LogP contribution is 2.45. The number of ether oxygens (including phenoxy) is 4. The van der Waals surface area contributed by atoms with Crippen LogP contribution in [0.1, 0.15) is 11.1 Å². The Bertz CT molecular complexity index is 794. The third kappa shape index (κ3) is 3.67. The van der Waals surface area contributed by atoms with Crippen molar-refractivity contribution in [2.75, 3.05) is 13.2 Å². The molecule has 2 heterocycles. The number of benzene rings is 2. The van der Waals surface area contributed by atoms with E-state index >= 15 is 0 Å². The van der Waals surface area contributed by atoms with Crippen LogP contribution in [0.2, 0.25) is 0 Å². The number of halogens is 2. The summed E-state index contributed by atoms with van der Waals surface area (Å²) >= 11 is 13.0. The predicted molar refractivity (Wildman–Crippen MR) is 102 cm³/mol. The van der Waals surface area contributed by atoms with Crippen LogP contribution in [-0.2, 0) is 29.4 Å². The summed E-state index contributed by atoms with van der Waals surface area (Å²) in [6.45, 7) is -0.348. The van der Waals surface area contributed by atoms with Crippen molar-refractivity contribution in [3.05, 3.63) is 71.8 Å². The third-order valence-corrected chi connectivity index (χ3v) is 5.64. The Balaban J connectivity index is 1.51. The topological polar surface area (TPSA) is 77.4 Å². The maximum atomic E-state index is 10.9. The molecule has 8 heteroatoms. The van der Waals surface area contributed by atoms with Crippen molar-refractivity contribution in [3.63, 3.8) is 0 Å². The molecule has 2 unspecified atom stereocenters. The minimum absolute atomic E-state index is 0.0399. The first-order chi connectivity index (χ1) is 13.5. The van der Waals surface area contributed by atoms with Gasteiger partial charge in [0.25, 0.3) is 10.5 Å². The summed E-state index contributed by atoms with van der Waals surface area (Å²) in [6, 6.07) is 17.9. The van der Waals surface area contributed by atoms with E-state index in [0.29, 0.717) is 11.1 Å². The number of alkyl halides is 2. The highest BCUT2D eigenvalue weighted by atomic mass is 35.5. The molecule has 2 aromatic carbocycles. The van der Waals surface area contributed by atoms with Gasteiger partial charge in [-0.25, -0.2) is 0 Å². The number of hydrogen-bond donors (Lipinski definition) is 2. The van der Waals surface area contributed by atoms with Crippen LogP contribution in [0.25, 0.3) is 0 Å². The first-order valence-electron chi connectivity index (χ1n) is 8.90. The average molecular weight is 427 g/mol. The molecule has 0 aromatic heterocycles. The molecule has 2 aliphatic rings. The number of rotatable bonds is 5. The van der Waals surface area contributed by atoms with E-state index in [0.717, 1.165) is 0 Å². The summed E-state index contributed by atoms with van der Waals surface area (Å²) in [7, 11) is 0. The van der Waals surface area contributed by atoms with Crippen molar-refractivity contribution in [1.82, 2.24) is 0 Å². The van der Waals surface area contributed by atoms with Gasteiger partial charge in [0.15, 0.2) is 0 Å². The van der Waals surface area contributed by atoms with Crippen molar-refractivity contribution in [2.24, 2.45) is 0 Å². The van der Waals surface area contributed by atoms with Gasteiger partial charge in [-0.2, -0.15) is 0 Å². The Labute approximate surface area is 172 Å². The molecular formula is C20H20Cl2O6. The Morgan fingerprint density at radius 2 is 1.46 bits per heavy atom. The van der Waals surface area contributed by atoms with Gasteiger partial charge in [0, 0.05) is 11.1 Å². The van der Waals surface area contributed by atoms with Crippen LogP contribution in [0.15, 0.2) is 60.7 Å². The number of aliphatic hydroxyl groups is 2. The summed E-state index contributed by atoms with van der Waals surface area (Å²) in [4.78, 5) is 0. The fourth-order valence-electron chi connectivity index (χ4n) is 3.37. The van der Waals surface area contributed by atoms with Crippen LogP contribution in [0.4, 0.5) is 0 Å². The average Bonchev–Trinajstić information content (AvgIpc) is 3.31. The van der Waals surface area contributed by atoms with E-state index in [-0.39, 0.29) is 13.2 Å². The Kier molecular flexibility index (Phi) is 5.66. The largest absolute Gasteiger partial charge is 0.394 e. The van der Waals surface area contributed by atoms with E-state index in [2.05, 4.69) is 0 Å². The van der Waals surface area contributed by atoms with Gasteiger partial charge in [0.2, 0.25) is 0 Å². The van der Waals surface area contributed by atoms with E-state index in [1.54, 1.807) is 36.4 Å². The third-order valence-electron chi connectivity index (χ3n) is 4.83. The number of aliphatic hydroxyl groups excluding tert-OH is 2. The first kappa shape index (κ1) is 20.1. The molecule has 6 atom stereocenters. The smallest absolute Gasteiger partial charge is 0.277 e. The summed E-state index contributed by atoms with van der Waals surface area (Å²) in [5.74, 6) is 0.